The van der Waals surface area contributed by atoms with Gasteiger partial charge in [0, 0.05) is 17.3 Å². The van der Waals surface area contributed by atoms with Crippen LogP contribution in [0.15, 0.2) is 42.5 Å². The van der Waals surface area contributed by atoms with Crippen LogP contribution in [0.1, 0.15) is 12.5 Å². The van der Waals surface area contributed by atoms with Gasteiger partial charge in [0.1, 0.15) is 5.75 Å². The van der Waals surface area contributed by atoms with Gasteiger partial charge >= 0.3 is 0 Å². The molecule has 130 valence electrons. The molecule has 0 saturated heterocycles. The monoisotopic (exact) mass is 345 g/mol. The Morgan fingerprint density at radius 1 is 1.08 bits per heavy atom. The number of carbonyl (C=O) groups excluding carboxylic acids is 1. The lowest BCUT2D eigenvalue weighted by Gasteiger charge is -2.07. The number of nitro benzene ring substituents is 2. The summed E-state index contributed by atoms with van der Waals surface area (Å²) in [6.07, 6.45) is -0.276. The number of nitrogens with one attached hydrogen (secondary N) is 1. The van der Waals surface area contributed by atoms with Crippen LogP contribution in [0, 0.1) is 20.2 Å². The molecular formula is C16H15N3O6. The fraction of sp³-hybridized carbons (Fsp3) is 0.188. The van der Waals surface area contributed by atoms with E-state index in [2.05, 4.69) is 5.32 Å². The van der Waals surface area contributed by atoms with Gasteiger partial charge in [0.05, 0.1) is 28.9 Å². The summed E-state index contributed by atoms with van der Waals surface area (Å²) in [6.45, 7) is 2.38. The Bertz CT molecular complexity index is 804. The van der Waals surface area contributed by atoms with Crippen molar-refractivity contribution in [3.05, 3.63) is 68.3 Å². The Labute approximate surface area is 142 Å². The number of nitrogens with zero attached hydrogens (tertiary/aromatic N) is 2. The van der Waals surface area contributed by atoms with Crippen molar-refractivity contribution < 1.29 is 19.4 Å². The molecule has 0 bridgehead atoms. The summed E-state index contributed by atoms with van der Waals surface area (Å²) in [7, 11) is 0. The third kappa shape index (κ3) is 4.74. The number of nitro groups is 2. The van der Waals surface area contributed by atoms with Crippen molar-refractivity contribution in [1.82, 2.24) is 0 Å². The van der Waals surface area contributed by atoms with E-state index in [0.29, 0.717) is 18.0 Å². The molecule has 0 aliphatic heterocycles. The molecule has 2 aromatic rings. The maximum absolute atomic E-state index is 12.1. The molecule has 2 rings (SSSR count). The number of hydrogen-bond acceptors (Lipinski definition) is 6. The summed E-state index contributed by atoms with van der Waals surface area (Å²) in [4.78, 5) is 32.4. The molecule has 1 amide bonds. The van der Waals surface area contributed by atoms with Gasteiger partial charge in [-0.25, -0.2) is 0 Å². The van der Waals surface area contributed by atoms with Gasteiger partial charge in [-0.1, -0.05) is 0 Å². The predicted octanol–water partition coefficient (Wildman–Crippen LogP) is 3.08. The Morgan fingerprint density at radius 2 is 1.76 bits per heavy atom. The molecule has 0 saturated carbocycles. The van der Waals surface area contributed by atoms with E-state index in [4.69, 9.17) is 4.74 Å². The first-order valence-corrected chi connectivity index (χ1v) is 7.35. The minimum atomic E-state index is -0.744. The van der Waals surface area contributed by atoms with Crippen LogP contribution in [0.3, 0.4) is 0 Å². The van der Waals surface area contributed by atoms with Gasteiger partial charge in [0.15, 0.2) is 0 Å². The van der Waals surface area contributed by atoms with Crippen molar-refractivity contribution >= 4 is 23.0 Å². The lowest BCUT2D eigenvalue weighted by molar-refractivity contribution is -0.394. The van der Waals surface area contributed by atoms with E-state index in [-0.39, 0.29) is 12.0 Å². The Hall–Kier alpha value is -3.49. The van der Waals surface area contributed by atoms with E-state index in [9.17, 15) is 25.0 Å². The average molecular weight is 345 g/mol. The third-order valence-electron chi connectivity index (χ3n) is 3.28. The summed E-state index contributed by atoms with van der Waals surface area (Å²) >= 11 is 0. The van der Waals surface area contributed by atoms with Crippen LogP contribution in [0.4, 0.5) is 17.1 Å². The van der Waals surface area contributed by atoms with Gasteiger partial charge in [-0.3, -0.25) is 25.0 Å². The zero-order valence-electron chi connectivity index (χ0n) is 13.3. The first-order valence-electron chi connectivity index (χ1n) is 7.35. The molecule has 2 aromatic carbocycles. The van der Waals surface area contributed by atoms with Crippen molar-refractivity contribution in [3.63, 3.8) is 0 Å². The van der Waals surface area contributed by atoms with Crippen molar-refractivity contribution in [2.45, 2.75) is 13.3 Å². The highest BCUT2D eigenvalue weighted by atomic mass is 16.6. The van der Waals surface area contributed by atoms with Crippen LogP contribution in [0.2, 0.25) is 0 Å². The summed E-state index contributed by atoms with van der Waals surface area (Å²) < 4.78 is 5.29. The number of rotatable bonds is 7. The summed E-state index contributed by atoms with van der Waals surface area (Å²) in [5.74, 6) is 0.188. The standard InChI is InChI=1S/C16H15N3O6/c1-2-25-14-7-4-12(5-8-14)17-16(20)9-11-3-6-13(18(21)22)10-15(11)19(23)24/h3-8,10H,2,9H2,1H3,(H,17,20). The van der Waals surface area contributed by atoms with Crippen LogP contribution in [-0.2, 0) is 11.2 Å². The molecule has 0 aliphatic rings. The third-order valence-corrected chi connectivity index (χ3v) is 3.28. The van der Waals surface area contributed by atoms with Crippen LogP contribution in [-0.4, -0.2) is 22.4 Å². The van der Waals surface area contributed by atoms with Gasteiger partial charge in [0.2, 0.25) is 5.91 Å². The van der Waals surface area contributed by atoms with Gasteiger partial charge in [-0.05, 0) is 37.3 Å². The SMILES string of the molecule is CCOc1ccc(NC(=O)Cc2ccc([N+](=O)[O-])cc2[N+](=O)[O-])cc1. The highest BCUT2D eigenvalue weighted by Gasteiger charge is 2.21. The predicted molar refractivity (Wildman–Crippen MR) is 89.7 cm³/mol. The number of anilines is 1. The van der Waals surface area contributed by atoms with Crippen molar-refractivity contribution in [3.8, 4) is 5.75 Å². The highest BCUT2D eigenvalue weighted by Crippen LogP contribution is 2.25. The largest absolute Gasteiger partial charge is 0.494 e. The maximum Gasteiger partial charge on any atom is 0.279 e. The smallest absolute Gasteiger partial charge is 0.279 e. The van der Waals surface area contributed by atoms with Crippen LogP contribution in [0.25, 0.3) is 0 Å². The fourth-order valence-electron chi connectivity index (χ4n) is 2.16. The van der Waals surface area contributed by atoms with Crippen LogP contribution < -0.4 is 10.1 Å². The van der Waals surface area contributed by atoms with Crippen LogP contribution in [0.5, 0.6) is 5.75 Å². The summed E-state index contributed by atoms with van der Waals surface area (Å²) in [5.41, 5.74) is -0.254. The molecule has 0 fully saturated rings. The zero-order valence-corrected chi connectivity index (χ0v) is 13.3. The molecule has 0 atom stereocenters. The normalized spacial score (nSPS) is 10.1. The average Bonchev–Trinajstić information content (AvgIpc) is 2.56. The fourth-order valence-corrected chi connectivity index (χ4v) is 2.16. The number of carbonyl (C=O) groups is 1. The second kappa shape index (κ2) is 7.86. The van der Waals surface area contributed by atoms with Crippen molar-refractivity contribution in [1.29, 1.82) is 0 Å². The molecule has 9 heteroatoms. The minimum absolute atomic E-state index is 0.0963. The van der Waals surface area contributed by atoms with E-state index in [1.165, 1.54) is 6.07 Å². The van der Waals surface area contributed by atoms with E-state index < -0.39 is 27.1 Å². The Morgan fingerprint density at radius 3 is 2.32 bits per heavy atom. The molecule has 0 unspecified atom stereocenters. The van der Waals surface area contributed by atoms with Gasteiger partial charge in [-0.2, -0.15) is 0 Å². The molecule has 0 spiro atoms. The van der Waals surface area contributed by atoms with Gasteiger partial charge in [-0.15, -0.1) is 0 Å². The highest BCUT2D eigenvalue weighted by molar-refractivity contribution is 5.92. The first kappa shape index (κ1) is 17.9. The molecule has 0 heterocycles. The van der Waals surface area contributed by atoms with E-state index in [0.717, 1.165) is 12.1 Å². The summed E-state index contributed by atoms with van der Waals surface area (Å²) in [5, 5.41) is 24.4. The van der Waals surface area contributed by atoms with Crippen LogP contribution >= 0.6 is 0 Å². The molecule has 0 radical (unpaired) electrons. The summed E-state index contributed by atoms with van der Waals surface area (Å²) in [6, 6.07) is 9.86. The molecule has 9 nitrogen and oxygen atoms in total. The molecule has 0 aliphatic carbocycles. The number of amides is 1. The molecule has 25 heavy (non-hydrogen) atoms. The van der Waals surface area contributed by atoms with E-state index >= 15 is 0 Å². The topological polar surface area (TPSA) is 125 Å². The first-order chi connectivity index (χ1) is 11.9. The Balaban J connectivity index is 2.11. The molecule has 0 aromatic heterocycles. The second-order valence-electron chi connectivity index (χ2n) is 5.01. The Kier molecular flexibility index (Phi) is 5.62. The lowest BCUT2D eigenvalue weighted by Crippen LogP contribution is -2.15. The lowest BCUT2D eigenvalue weighted by atomic mass is 10.1. The van der Waals surface area contributed by atoms with Crippen molar-refractivity contribution in [2.24, 2.45) is 0 Å². The van der Waals surface area contributed by atoms with E-state index in [1.54, 1.807) is 24.3 Å². The number of benzene rings is 2. The van der Waals surface area contributed by atoms with Gasteiger partial charge in [0.25, 0.3) is 11.4 Å². The van der Waals surface area contributed by atoms with Gasteiger partial charge < -0.3 is 10.1 Å². The number of hydrogen-bond donors (Lipinski definition) is 1. The number of non-ortho nitro benzene ring substituents is 1. The van der Waals surface area contributed by atoms with E-state index in [1.807, 2.05) is 6.92 Å². The second-order valence-corrected chi connectivity index (χ2v) is 5.01. The molecule has 1 N–H and O–H groups in total. The zero-order chi connectivity index (χ0) is 18.4. The van der Waals surface area contributed by atoms with Crippen molar-refractivity contribution in [2.75, 3.05) is 11.9 Å². The number of ether oxygens (including phenoxy) is 1. The maximum atomic E-state index is 12.1. The minimum Gasteiger partial charge on any atom is -0.494 e. The molecular weight excluding hydrogens is 330 g/mol. The quantitative estimate of drug-likeness (QED) is 0.607.